The van der Waals surface area contributed by atoms with Gasteiger partial charge in [0.05, 0.1) is 13.0 Å². The Kier molecular flexibility index (Phi) is 8.64. The Morgan fingerprint density at radius 3 is 2.59 bits per heavy atom. The van der Waals surface area contributed by atoms with Crippen LogP contribution in [-0.2, 0) is 30.3 Å². The van der Waals surface area contributed by atoms with Gasteiger partial charge in [0, 0.05) is 18.5 Å². The lowest BCUT2D eigenvalue weighted by Gasteiger charge is -2.26. The first kappa shape index (κ1) is 27.8. The van der Waals surface area contributed by atoms with Gasteiger partial charge in [-0.25, -0.2) is 4.79 Å². The van der Waals surface area contributed by atoms with Gasteiger partial charge in [0.15, 0.2) is 5.96 Å². The third-order valence-corrected chi connectivity index (χ3v) is 7.28. The van der Waals surface area contributed by atoms with Crippen molar-refractivity contribution >= 4 is 36.3 Å². The summed E-state index contributed by atoms with van der Waals surface area (Å²) in [7, 11) is 1.20. The summed E-state index contributed by atoms with van der Waals surface area (Å²) in [5.41, 5.74) is 14.5. The summed E-state index contributed by atoms with van der Waals surface area (Å²) >= 11 is 0. The number of unbranched alkanes of at least 4 members (excludes halogenated alkanes) is 2. The van der Waals surface area contributed by atoms with Crippen LogP contribution in [-0.4, -0.2) is 61.0 Å². The molecule has 4 atom stereocenters. The third-order valence-electron chi connectivity index (χ3n) is 7.28. The predicted molar refractivity (Wildman–Crippen MR) is 134 cm³/mol. The van der Waals surface area contributed by atoms with Crippen molar-refractivity contribution in [1.29, 1.82) is 0 Å². The first-order chi connectivity index (χ1) is 17.7. The number of nitrogens with two attached hydrogens (primary N) is 2. The first-order valence-electron chi connectivity index (χ1n) is 12.2. The van der Waals surface area contributed by atoms with Gasteiger partial charge in [-0.3, -0.25) is 30.7 Å². The molecule has 1 saturated heterocycles. The van der Waals surface area contributed by atoms with E-state index < -0.39 is 40.7 Å². The number of esters is 1. The van der Waals surface area contributed by atoms with Crippen LogP contribution in [0, 0.1) is 5.92 Å². The van der Waals surface area contributed by atoms with E-state index in [1.54, 1.807) is 19.1 Å². The number of guanidine groups is 1. The fourth-order valence-electron chi connectivity index (χ4n) is 5.26. The van der Waals surface area contributed by atoms with E-state index in [0.717, 1.165) is 31.2 Å². The average molecular weight is 515 g/mol. The monoisotopic (exact) mass is 514 g/mol. The van der Waals surface area contributed by atoms with E-state index in [2.05, 4.69) is 21.2 Å². The second kappa shape index (κ2) is 11.5. The maximum absolute atomic E-state index is 13.0. The summed E-state index contributed by atoms with van der Waals surface area (Å²) in [6.07, 6.45) is 4.37. The lowest BCUT2D eigenvalue weighted by molar-refractivity contribution is -0.146. The minimum Gasteiger partial charge on any atom is -0.468 e. The summed E-state index contributed by atoms with van der Waals surface area (Å²) in [5.74, 6) is -2.89. The number of aliphatic imine (C=N–C) groups is 1. The fraction of sp³-hybridized carbons (Fsp3) is 0.520. The molecule has 7 N–H and O–H groups in total. The standard InChI is InChI=1S/C25H34N6O6/c1-15(25(22(36)37-2)24(14-33,31-25)9-11-32)12-18-17-8-7-16(6-4-3-5-10-28-23(26)27)13-19(17)21(35)30-29-20(18)34/h7-8,11,13-15,18,31H,3-6,9-10,12H2,1-2H3,(H,29,34)(H,30,35)(H4,26,27,28)/t15?,18?,24?,25-/m0/s1. The van der Waals surface area contributed by atoms with E-state index in [-0.39, 0.29) is 18.8 Å². The van der Waals surface area contributed by atoms with Crippen molar-refractivity contribution in [2.45, 2.75) is 62.4 Å². The smallest absolute Gasteiger partial charge is 0.328 e. The molecule has 3 rings (SSSR count). The maximum atomic E-state index is 13.0. The largest absolute Gasteiger partial charge is 0.468 e. The SMILES string of the molecule is COC(=O)[C@]1(C(C)CC2C(=O)NNC(=O)c3cc(CCCCCN=C(N)N)ccc32)NC1(C=O)CC=O. The molecule has 0 aromatic heterocycles. The Labute approximate surface area is 214 Å². The van der Waals surface area contributed by atoms with E-state index in [4.69, 9.17) is 16.2 Å². The lowest BCUT2D eigenvalue weighted by Crippen LogP contribution is -2.45. The molecule has 0 saturated carbocycles. The predicted octanol–water partition coefficient (Wildman–Crippen LogP) is -0.401. The summed E-state index contributed by atoms with van der Waals surface area (Å²) in [6.45, 7) is 2.27. The number of hydrazine groups is 1. The van der Waals surface area contributed by atoms with E-state index in [0.29, 0.717) is 30.2 Å². The van der Waals surface area contributed by atoms with Crippen molar-refractivity contribution in [1.82, 2.24) is 16.2 Å². The molecular weight excluding hydrogens is 480 g/mol. The van der Waals surface area contributed by atoms with Gasteiger partial charge in [0.25, 0.3) is 5.91 Å². The molecule has 12 nitrogen and oxygen atoms in total. The summed E-state index contributed by atoms with van der Waals surface area (Å²) < 4.78 is 4.96. The Morgan fingerprint density at radius 1 is 1.19 bits per heavy atom. The topological polar surface area (TPSA) is 205 Å². The number of fused-ring (bicyclic) bond motifs is 1. The zero-order valence-corrected chi connectivity index (χ0v) is 21.0. The molecule has 2 amide bonds. The number of nitrogens with zero attached hydrogens (tertiary/aromatic N) is 1. The second-order valence-corrected chi connectivity index (χ2v) is 9.56. The Hall–Kier alpha value is -3.80. The average Bonchev–Trinajstić information content (AvgIpc) is 3.58. The number of hydrogen-bond acceptors (Lipinski definition) is 8. The highest BCUT2D eigenvalue weighted by Gasteiger charge is 2.75. The molecular formula is C25H34N6O6. The summed E-state index contributed by atoms with van der Waals surface area (Å²) in [6, 6.07) is 5.41. The number of amides is 2. The normalized spacial score (nSPS) is 25.0. The molecule has 0 radical (unpaired) electrons. The second-order valence-electron chi connectivity index (χ2n) is 9.56. The zero-order chi connectivity index (χ0) is 27.2. The number of ether oxygens (including phenoxy) is 1. The van der Waals surface area contributed by atoms with Gasteiger partial charge in [-0.15, -0.1) is 0 Å². The van der Waals surface area contributed by atoms with Crippen LogP contribution in [0.25, 0.3) is 0 Å². The Bertz CT molecular complexity index is 1100. The number of hydrogen-bond donors (Lipinski definition) is 5. The van der Waals surface area contributed by atoms with E-state index in [1.165, 1.54) is 7.11 Å². The van der Waals surface area contributed by atoms with Gasteiger partial charge < -0.3 is 25.8 Å². The van der Waals surface area contributed by atoms with Crippen LogP contribution in [0.3, 0.4) is 0 Å². The third kappa shape index (κ3) is 5.48. The first-order valence-corrected chi connectivity index (χ1v) is 12.2. The highest BCUT2D eigenvalue weighted by atomic mass is 16.5. The molecule has 0 spiro atoms. The van der Waals surface area contributed by atoms with Crippen LogP contribution in [0.1, 0.15) is 66.4 Å². The number of aryl methyl sites for hydroxylation is 1. The summed E-state index contributed by atoms with van der Waals surface area (Å²) in [4.78, 5) is 65.6. The van der Waals surface area contributed by atoms with Gasteiger partial charge in [-0.05, 0) is 48.8 Å². The molecule has 3 unspecified atom stereocenters. The van der Waals surface area contributed by atoms with Crippen molar-refractivity contribution in [3.63, 3.8) is 0 Å². The zero-order valence-electron chi connectivity index (χ0n) is 21.0. The number of benzene rings is 1. The summed E-state index contributed by atoms with van der Waals surface area (Å²) in [5, 5.41) is 2.89. The van der Waals surface area contributed by atoms with Crippen LogP contribution in [0.4, 0.5) is 0 Å². The number of carbonyl (C=O) groups is 5. The number of carbonyl (C=O) groups excluding carboxylic acids is 5. The minimum atomic E-state index is -1.45. The van der Waals surface area contributed by atoms with Crippen molar-refractivity contribution in [2.24, 2.45) is 22.4 Å². The maximum Gasteiger partial charge on any atom is 0.328 e. The van der Waals surface area contributed by atoms with E-state index >= 15 is 0 Å². The van der Waals surface area contributed by atoms with Crippen molar-refractivity contribution < 1.29 is 28.7 Å². The van der Waals surface area contributed by atoms with Crippen molar-refractivity contribution in [3.8, 4) is 0 Å². The molecule has 12 heteroatoms. The molecule has 2 heterocycles. The minimum absolute atomic E-state index is 0.0688. The lowest BCUT2D eigenvalue weighted by atomic mass is 9.75. The molecule has 2 aliphatic heterocycles. The molecule has 0 aliphatic carbocycles. The van der Waals surface area contributed by atoms with Gasteiger partial charge in [0.1, 0.15) is 23.7 Å². The Balaban J connectivity index is 1.81. The van der Waals surface area contributed by atoms with Crippen LogP contribution >= 0.6 is 0 Å². The van der Waals surface area contributed by atoms with E-state index in [9.17, 15) is 24.0 Å². The van der Waals surface area contributed by atoms with Crippen LogP contribution in [0.2, 0.25) is 0 Å². The van der Waals surface area contributed by atoms with Crippen LogP contribution in [0.5, 0.6) is 0 Å². The van der Waals surface area contributed by atoms with Crippen molar-refractivity contribution in [3.05, 3.63) is 34.9 Å². The fourth-order valence-corrected chi connectivity index (χ4v) is 5.26. The molecule has 0 bridgehead atoms. The molecule has 1 aromatic carbocycles. The van der Waals surface area contributed by atoms with Gasteiger partial charge >= 0.3 is 5.97 Å². The number of aldehydes is 2. The molecule has 200 valence electrons. The molecule has 2 aliphatic rings. The van der Waals surface area contributed by atoms with Gasteiger partial charge in [-0.1, -0.05) is 25.5 Å². The van der Waals surface area contributed by atoms with Crippen LogP contribution < -0.4 is 27.6 Å². The van der Waals surface area contributed by atoms with Crippen LogP contribution in [0.15, 0.2) is 23.2 Å². The number of nitrogens with one attached hydrogen (secondary N) is 3. The quantitative estimate of drug-likeness (QED) is 0.0579. The van der Waals surface area contributed by atoms with E-state index in [1.807, 2.05) is 6.07 Å². The highest BCUT2D eigenvalue weighted by molar-refractivity contribution is 6.02. The van der Waals surface area contributed by atoms with Crippen molar-refractivity contribution in [2.75, 3.05) is 13.7 Å². The molecule has 37 heavy (non-hydrogen) atoms. The Morgan fingerprint density at radius 2 is 1.95 bits per heavy atom. The van der Waals surface area contributed by atoms with Gasteiger partial charge in [-0.2, -0.15) is 0 Å². The molecule has 1 fully saturated rings. The number of rotatable bonds is 13. The highest BCUT2D eigenvalue weighted by Crippen LogP contribution is 2.49. The molecule has 1 aromatic rings. The van der Waals surface area contributed by atoms with Gasteiger partial charge in [0.2, 0.25) is 5.91 Å². The number of methoxy groups -OCH3 is 1.